The molecule has 0 bridgehead atoms. The summed E-state index contributed by atoms with van der Waals surface area (Å²) in [6.07, 6.45) is 0. The molecule has 1 fully saturated rings. The zero-order chi connectivity index (χ0) is 11.4. The Morgan fingerprint density at radius 2 is 2.12 bits per heavy atom. The van der Waals surface area contributed by atoms with Gasteiger partial charge in [0.05, 0.1) is 17.6 Å². The second-order valence-corrected chi connectivity index (χ2v) is 3.88. The van der Waals surface area contributed by atoms with Crippen LogP contribution in [0.1, 0.15) is 11.1 Å². The molecule has 1 amide bonds. The maximum atomic E-state index is 11.5. The quantitative estimate of drug-likeness (QED) is 0.766. The van der Waals surface area contributed by atoms with E-state index in [1.807, 2.05) is 12.1 Å². The SMILES string of the molecule is N#Cc1ccc(CNC(=O)C2CNC2)cc1. The Morgan fingerprint density at radius 3 is 2.62 bits per heavy atom. The van der Waals surface area contributed by atoms with Crippen molar-refractivity contribution in [3.05, 3.63) is 35.4 Å². The molecule has 1 aromatic carbocycles. The molecule has 4 nitrogen and oxygen atoms in total. The van der Waals surface area contributed by atoms with Crippen LogP contribution in [0, 0.1) is 17.2 Å². The van der Waals surface area contributed by atoms with Crippen molar-refractivity contribution in [2.75, 3.05) is 13.1 Å². The number of benzene rings is 1. The molecule has 16 heavy (non-hydrogen) atoms. The zero-order valence-corrected chi connectivity index (χ0v) is 8.86. The molecule has 0 aromatic heterocycles. The summed E-state index contributed by atoms with van der Waals surface area (Å²) < 4.78 is 0. The lowest BCUT2D eigenvalue weighted by Crippen LogP contribution is -2.50. The molecule has 1 aromatic rings. The number of amides is 1. The molecule has 1 aliphatic rings. The predicted molar refractivity (Wildman–Crippen MR) is 59.4 cm³/mol. The van der Waals surface area contributed by atoms with Crippen molar-refractivity contribution in [3.8, 4) is 6.07 Å². The molecule has 2 rings (SSSR count). The van der Waals surface area contributed by atoms with Crippen LogP contribution in [0.2, 0.25) is 0 Å². The van der Waals surface area contributed by atoms with Gasteiger partial charge in [-0.25, -0.2) is 0 Å². The number of rotatable bonds is 3. The number of carbonyl (C=O) groups excluding carboxylic acids is 1. The zero-order valence-electron chi connectivity index (χ0n) is 8.86. The molecule has 2 N–H and O–H groups in total. The molecule has 1 saturated heterocycles. The number of hydrogen-bond acceptors (Lipinski definition) is 3. The van der Waals surface area contributed by atoms with E-state index in [2.05, 4.69) is 16.7 Å². The van der Waals surface area contributed by atoms with E-state index >= 15 is 0 Å². The van der Waals surface area contributed by atoms with E-state index in [4.69, 9.17) is 5.26 Å². The lowest BCUT2D eigenvalue weighted by molar-refractivity contribution is -0.126. The van der Waals surface area contributed by atoms with Crippen LogP contribution in [0.25, 0.3) is 0 Å². The monoisotopic (exact) mass is 215 g/mol. The summed E-state index contributed by atoms with van der Waals surface area (Å²) in [5, 5.41) is 14.6. The summed E-state index contributed by atoms with van der Waals surface area (Å²) >= 11 is 0. The highest BCUT2D eigenvalue weighted by atomic mass is 16.2. The molecule has 82 valence electrons. The summed E-state index contributed by atoms with van der Waals surface area (Å²) in [5.41, 5.74) is 1.65. The van der Waals surface area contributed by atoms with E-state index in [9.17, 15) is 4.79 Å². The summed E-state index contributed by atoms with van der Waals surface area (Å²) in [6, 6.07) is 9.29. The Balaban J connectivity index is 1.84. The Morgan fingerprint density at radius 1 is 1.44 bits per heavy atom. The van der Waals surface area contributed by atoms with Gasteiger partial charge in [0, 0.05) is 19.6 Å². The first kappa shape index (κ1) is 10.7. The summed E-state index contributed by atoms with van der Waals surface area (Å²) in [6.45, 7) is 2.08. The molecule has 0 aliphatic carbocycles. The van der Waals surface area contributed by atoms with Gasteiger partial charge in [-0.3, -0.25) is 4.79 Å². The Bertz CT molecular complexity index is 415. The third-order valence-corrected chi connectivity index (χ3v) is 2.70. The minimum atomic E-state index is 0.100. The van der Waals surface area contributed by atoms with Crippen molar-refractivity contribution >= 4 is 5.91 Å². The lowest BCUT2D eigenvalue weighted by atomic mass is 10.0. The molecule has 0 saturated carbocycles. The van der Waals surface area contributed by atoms with Crippen LogP contribution in [0.5, 0.6) is 0 Å². The number of nitriles is 1. The van der Waals surface area contributed by atoms with Gasteiger partial charge in [-0.2, -0.15) is 5.26 Å². The van der Waals surface area contributed by atoms with Crippen LogP contribution in [-0.4, -0.2) is 19.0 Å². The van der Waals surface area contributed by atoms with Gasteiger partial charge in [-0.1, -0.05) is 12.1 Å². The van der Waals surface area contributed by atoms with Crippen LogP contribution in [0.15, 0.2) is 24.3 Å². The third kappa shape index (κ3) is 2.38. The van der Waals surface area contributed by atoms with Crippen LogP contribution < -0.4 is 10.6 Å². The van der Waals surface area contributed by atoms with E-state index in [1.54, 1.807) is 12.1 Å². The number of carbonyl (C=O) groups is 1. The molecule has 0 spiro atoms. The number of nitrogens with zero attached hydrogens (tertiary/aromatic N) is 1. The van der Waals surface area contributed by atoms with Gasteiger partial charge in [0.2, 0.25) is 5.91 Å². The first-order chi connectivity index (χ1) is 7.79. The van der Waals surface area contributed by atoms with Gasteiger partial charge in [0.1, 0.15) is 0 Å². The van der Waals surface area contributed by atoms with Crippen LogP contribution in [0.3, 0.4) is 0 Å². The Hall–Kier alpha value is -1.86. The van der Waals surface area contributed by atoms with Crippen molar-refractivity contribution in [3.63, 3.8) is 0 Å². The maximum Gasteiger partial charge on any atom is 0.225 e. The van der Waals surface area contributed by atoms with E-state index in [1.165, 1.54) is 0 Å². The predicted octanol–water partition coefficient (Wildman–Crippen LogP) is 0.394. The Labute approximate surface area is 94.3 Å². The molecular formula is C12H13N3O. The average molecular weight is 215 g/mol. The molecule has 0 atom stereocenters. The topological polar surface area (TPSA) is 64.9 Å². The van der Waals surface area contributed by atoms with Gasteiger partial charge in [-0.05, 0) is 17.7 Å². The second-order valence-electron chi connectivity index (χ2n) is 3.88. The third-order valence-electron chi connectivity index (χ3n) is 2.70. The van der Waals surface area contributed by atoms with Crippen molar-refractivity contribution in [2.45, 2.75) is 6.54 Å². The fourth-order valence-electron chi connectivity index (χ4n) is 1.50. The Kier molecular flexibility index (Phi) is 3.18. The van der Waals surface area contributed by atoms with Crippen molar-refractivity contribution < 1.29 is 4.79 Å². The van der Waals surface area contributed by atoms with E-state index in [0.717, 1.165) is 18.7 Å². The van der Waals surface area contributed by atoms with Crippen LogP contribution >= 0.6 is 0 Å². The maximum absolute atomic E-state index is 11.5. The van der Waals surface area contributed by atoms with E-state index in [0.29, 0.717) is 12.1 Å². The van der Waals surface area contributed by atoms with E-state index < -0.39 is 0 Å². The van der Waals surface area contributed by atoms with Crippen molar-refractivity contribution in [1.82, 2.24) is 10.6 Å². The molecule has 0 unspecified atom stereocenters. The summed E-state index contributed by atoms with van der Waals surface area (Å²) in [4.78, 5) is 11.5. The van der Waals surface area contributed by atoms with Crippen LogP contribution in [0.4, 0.5) is 0 Å². The highest BCUT2D eigenvalue weighted by Gasteiger charge is 2.24. The van der Waals surface area contributed by atoms with Gasteiger partial charge >= 0.3 is 0 Å². The van der Waals surface area contributed by atoms with Gasteiger partial charge < -0.3 is 10.6 Å². The smallest absolute Gasteiger partial charge is 0.225 e. The molecule has 4 heteroatoms. The standard InChI is InChI=1S/C12H13N3O/c13-5-9-1-3-10(4-2-9)6-15-12(16)11-7-14-8-11/h1-4,11,14H,6-8H2,(H,15,16). The minimum Gasteiger partial charge on any atom is -0.352 e. The second kappa shape index (κ2) is 4.77. The molecule has 1 aliphatic heterocycles. The number of nitrogens with one attached hydrogen (secondary N) is 2. The molecule has 0 radical (unpaired) electrons. The van der Waals surface area contributed by atoms with Gasteiger partial charge in [-0.15, -0.1) is 0 Å². The van der Waals surface area contributed by atoms with Crippen molar-refractivity contribution in [1.29, 1.82) is 5.26 Å². The van der Waals surface area contributed by atoms with E-state index in [-0.39, 0.29) is 11.8 Å². The number of hydrogen-bond donors (Lipinski definition) is 2. The minimum absolute atomic E-state index is 0.100. The average Bonchev–Trinajstić information content (AvgIpc) is 2.25. The van der Waals surface area contributed by atoms with Crippen molar-refractivity contribution in [2.24, 2.45) is 5.92 Å². The first-order valence-corrected chi connectivity index (χ1v) is 5.27. The molecular weight excluding hydrogens is 202 g/mol. The normalized spacial score (nSPS) is 14.9. The highest BCUT2D eigenvalue weighted by molar-refractivity contribution is 5.79. The lowest BCUT2D eigenvalue weighted by Gasteiger charge is -2.25. The summed E-state index contributed by atoms with van der Waals surface area (Å²) in [7, 11) is 0. The fourth-order valence-corrected chi connectivity index (χ4v) is 1.50. The van der Waals surface area contributed by atoms with Crippen LogP contribution in [-0.2, 0) is 11.3 Å². The summed E-state index contributed by atoms with van der Waals surface area (Å²) in [5.74, 6) is 0.224. The van der Waals surface area contributed by atoms with Gasteiger partial charge in [0.25, 0.3) is 0 Å². The largest absolute Gasteiger partial charge is 0.352 e. The molecule has 1 heterocycles. The first-order valence-electron chi connectivity index (χ1n) is 5.27. The van der Waals surface area contributed by atoms with Gasteiger partial charge in [0.15, 0.2) is 0 Å². The fraction of sp³-hybridized carbons (Fsp3) is 0.333. The highest BCUT2D eigenvalue weighted by Crippen LogP contribution is 2.05.